The summed E-state index contributed by atoms with van der Waals surface area (Å²) in [6, 6.07) is 8.00. The van der Waals surface area contributed by atoms with Gasteiger partial charge in [-0.3, -0.25) is 10.1 Å². The van der Waals surface area contributed by atoms with Gasteiger partial charge in [-0.1, -0.05) is 31.2 Å². The number of thioether (sulfide) groups is 1. The molecule has 17 heavy (non-hydrogen) atoms. The van der Waals surface area contributed by atoms with Gasteiger partial charge in [0.15, 0.2) is 0 Å². The van der Waals surface area contributed by atoms with Gasteiger partial charge in [-0.2, -0.15) is 0 Å². The van der Waals surface area contributed by atoms with E-state index in [0.29, 0.717) is 6.42 Å². The highest BCUT2D eigenvalue weighted by Crippen LogP contribution is 2.31. The van der Waals surface area contributed by atoms with Crippen LogP contribution >= 0.6 is 11.8 Å². The first-order valence-electron chi connectivity index (χ1n) is 5.90. The van der Waals surface area contributed by atoms with E-state index in [1.54, 1.807) is 11.8 Å². The lowest BCUT2D eigenvalue weighted by molar-refractivity contribution is -0.139. The van der Waals surface area contributed by atoms with E-state index in [9.17, 15) is 4.79 Å². The summed E-state index contributed by atoms with van der Waals surface area (Å²) in [7, 11) is 0. The van der Waals surface area contributed by atoms with Crippen molar-refractivity contribution >= 4 is 17.7 Å². The number of carbonyl (C=O) groups is 1. The average molecular weight is 251 g/mol. The minimum absolute atomic E-state index is 0.107. The van der Waals surface area contributed by atoms with Crippen molar-refractivity contribution in [3.05, 3.63) is 35.4 Å². The minimum Gasteiger partial charge on any atom is -0.480 e. The second kappa shape index (κ2) is 5.56. The van der Waals surface area contributed by atoms with Crippen molar-refractivity contribution in [2.45, 2.75) is 31.2 Å². The van der Waals surface area contributed by atoms with Gasteiger partial charge in [0.2, 0.25) is 0 Å². The molecule has 0 aliphatic carbocycles. The Balaban J connectivity index is 2.08. The van der Waals surface area contributed by atoms with E-state index in [1.807, 2.05) is 0 Å². The Morgan fingerprint density at radius 3 is 2.76 bits per heavy atom. The third kappa shape index (κ3) is 3.01. The molecule has 92 valence electrons. The van der Waals surface area contributed by atoms with Gasteiger partial charge >= 0.3 is 5.97 Å². The van der Waals surface area contributed by atoms with Crippen molar-refractivity contribution in [3.8, 4) is 0 Å². The Morgan fingerprint density at radius 2 is 2.18 bits per heavy atom. The molecule has 3 nitrogen and oxygen atoms in total. The van der Waals surface area contributed by atoms with Gasteiger partial charge in [0, 0.05) is 0 Å². The molecule has 0 amide bonds. The summed E-state index contributed by atoms with van der Waals surface area (Å²) in [6.45, 7) is 2.13. The standard InChI is InChI=1S/C13H17NO2S/c1-2-9-3-5-10(6-4-9)12-14-11(13(15)16)7-8-17-12/h3-6,11-12,14H,2,7-8H2,1H3,(H,15,16). The van der Waals surface area contributed by atoms with Crippen LogP contribution in [0.2, 0.25) is 0 Å². The SMILES string of the molecule is CCc1ccc(C2NC(C(=O)O)CCS2)cc1. The van der Waals surface area contributed by atoms with E-state index in [0.717, 1.165) is 17.7 Å². The summed E-state index contributed by atoms with van der Waals surface area (Å²) in [5, 5.41) is 12.3. The summed E-state index contributed by atoms with van der Waals surface area (Å²) >= 11 is 1.78. The molecule has 4 heteroatoms. The van der Waals surface area contributed by atoms with Crippen molar-refractivity contribution < 1.29 is 9.90 Å². The molecule has 1 aromatic carbocycles. The van der Waals surface area contributed by atoms with E-state index < -0.39 is 12.0 Å². The number of nitrogens with one attached hydrogen (secondary N) is 1. The molecule has 1 fully saturated rings. The fraction of sp³-hybridized carbons (Fsp3) is 0.462. The first-order chi connectivity index (χ1) is 8.20. The Kier molecular flexibility index (Phi) is 4.07. The van der Waals surface area contributed by atoms with Crippen LogP contribution in [0.15, 0.2) is 24.3 Å². The molecule has 1 aliphatic rings. The highest BCUT2D eigenvalue weighted by Gasteiger charge is 2.27. The minimum atomic E-state index is -0.750. The maximum absolute atomic E-state index is 11.0. The van der Waals surface area contributed by atoms with Crippen LogP contribution in [0.1, 0.15) is 29.8 Å². The second-order valence-corrected chi connectivity index (χ2v) is 5.41. The Labute approximate surface area is 106 Å². The number of aliphatic carboxylic acids is 1. The highest BCUT2D eigenvalue weighted by molar-refractivity contribution is 7.99. The van der Waals surface area contributed by atoms with Crippen molar-refractivity contribution in [2.75, 3.05) is 5.75 Å². The van der Waals surface area contributed by atoms with Gasteiger partial charge < -0.3 is 5.11 Å². The lowest BCUT2D eigenvalue weighted by Crippen LogP contribution is -2.41. The van der Waals surface area contributed by atoms with Gasteiger partial charge in [-0.05, 0) is 29.7 Å². The number of carboxylic acid groups (broad SMARTS) is 1. The quantitative estimate of drug-likeness (QED) is 0.866. The average Bonchev–Trinajstić information content (AvgIpc) is 2.39. The van der Waals surface area contributed by atoms with E-state index in [4.69, 9.17) is 5.11 Å². The largest absolute Gasteiger partial charge is 0.480 e. The number of carboxylic acids is 1. The lowest BCUT2D eigenvalue weighted by atomic mass is 10.1. The first-order valence-corrected chi connectivity index (χ1v) is 6.95. The van der Waals surface area contributed by atoms with Crippen LogP contribution in [0.5, 0.6) is 0 Å². The van der Waals surface area contributed by atoms with E-state index in [1.165, 1.54) is 5.56 Å². The maximum Gasteiger partial charge on any atom is 0.320 e. The molecule has 2 N–H and O–H groups in total. The molecule has 2 unspecified atom stereocenters. The molecule has 0 spiro atoms. The van der Waals surface area contributed by atoms with E-state index >= 15 is 0 Å². The van der Waals surface area contributed by atoms with Gasteiger partial charge in [-0.25, -0.2) is 0 Å². The predicted octanol–water partition coefficient (Wildman–Crippen LogP) is 2.43. The molecular weight excluding hydrogens is 234 g/mol. The molecule has 0 saturated carbocycles. The fourth-order valence-corrected chi connectivity index (χ4v) is 3.15. The third-order valence-corrected chi connectivity index (χ3v) is 4.25. The van der Waals surface area contributed by atoms with Crippen molar-refractivity contribution in [3.63, 3.8) is 0 Å². The number of aryl methyl sites for hydroxylation is 1. The van der Waals surface area contributed by atoms with Crippen molar-refractivity contribution in [1.82, 2.24) is 5.32 Å². The molecule has 2 rings (SSSR count). The lowest BCUT2D eigenvalue weighted by Gasteiger charge is -2.28. The summed E-state index contributed by atoms with van der Waals surface area (Å²) in [6.07, 6.45) is 1.73. The zero-order valence-corrected chi connectivity index (χ0v) is 10.7. The van der Waals surface area contributed by atoms with Crippen LogP contribution in [0.3, 0.4) is 0 Å². The summed E-state index contributed by atoms with van der Waals surface area (Å²) in [5.74, 6) is 0.143. The van der Waals surface area contributed by atoms with Crippen LogP contribution in [0, 0.1) is 0 Å². The predicted molar refractivity (Wildman–Crippen MR) is 70.2 cm³/mol. The molecule has 1 saturated heterocycles. The molecule has 1 heterocycles. The van der Waals surface area contributed by atoms with Crippen molar-refractivity contribution in [1.29, 1.82) is 0 Å². The van der Waals surface area contributed by atoms with Crippen molar-refractivity contribution in [2.24, 2.45) is 0 Å². The summed E-state index contributed by atoms with van der Waals surface area (Å²) in [4.78, 5) is 11.0. The van der Waals surface area contributed by atoms with Crippen LogP contribution in [0.4, 0.5) is 0 Å². The molecule has 0 bridgehead atoms. The zero-order valence-electron chi connectivity index (χ0n) is 9.85. The second-order valence-electron chi connectivity index (χ2n) is 4.19. The van der Waals surface area contributed by atoms with Crippen LogP contribution in [-0.4, -0.2) is 22.9 Å². The number of rotatable bonds is 3. The first kappa shape index (κ1) is 12.5. The van der Waals surface area contributed by atoms with Gasteiger partial charge in [0.05, 0.1) is 5.37 Å². The monoisotopic (exact) mass is 251 g/mol. The molecular formula is C13H17NO2S. The molecule has 2 atom stereocenters. The van der Waals surface area contributed by atoms with Gasteiger partial charge in [0.1, 0.15) is 6.04 Å². The van der Waals surface area contributed by atoms with E-state index in [-0.39, 0.29) is 5.37 Å². The van der Waals surface area contributed by atoms with Crippen LogP contribution < -0.4 is 5.32 Å². The summed E-state index contributed by atoms with van der Waals surface area (Å²) < 4.78 is 0. The summed E-state index contributed by atoms with van der Waals surface area (Å²) in [5.41, 5.74) is 2.47. The van der Waals surface area contributed by atoms with Gasteiger partial charge in [-0.15, -0.1) is 11.8 Å². The molecule has 1 aliphatic heterocycles. The molecule has 0 aromatic heterocycles. The molecule has 0 radical (unpaired) electrons. The molecule has 1 aromatic rings. The fourth-order valence-electron chi connectivity index (χ4n) is 1.93. The Morgan fingerprint density at radius 1 is 1.47 bits per heavy atom. The number of hydrogen-bond acceptors (Lipinski definition) is 3. The van der Waals surface area contributed by atoms with Crippen LogP contribution in [-0.2, 0) is 11.2 Å². The zero-order chi connectivity index (χ0) is 12.3. The van der Waals surface area contributed by atoms with Gasteiger partial charge in [0.25, 0.3) is 0 Å². The Bertz CT molecular complexity index is 391. The smallest absolute Gasteiger partial charge is 0.320 e. The maximum atomic E-state index is 11.0. The topological polar surface area (TPSA) is 49.3 Å². The number of benzene rings is 1. The number of hydrogen-bond donors (Lipinski definition) is 2. The van der Waals surface area contributed by atoms with Crippen LogP contribution in [0.25, 0.3) is 0 Å². The van der Waals surface area contributed by atoms with E-state index in [2.05, 4.69) is 36.5 Å². The normalized spacial score (nSPS) is 24.5. The Hall–Kier alpha value is -1.00. The third-order valence-electron chi connectivity index (χ3n) is 3.03. The highest BCUT2D eigenvalue weighted by atomic mass is 32.2.